The predicted octanol–water partition coefficient (Wildman–Crippen LogP) is 1.57. The zero-order chi connectivity index (χ0) is 7.82. The van der Waals surface area contributed by atoms with Crippen molar-refractivity contribution in [2.24, 2.45) is 0 Å². The van der Waals surface area contributed by atoms with Gasteiger partial charge in [0, 0.05) is 13.7 Å². The zero-order valence-corrected chi connectivity index (χ0v) is 6.97. The first-order valence-corrected chi connectivity index (χ1v) is 3.98. The SMILES string of the molecule is CCCCC(CCO)OC. The largest absolute Gasteiger partial charge is 0.396 e. The van der Waals surface area contributed by atoms with Crippen LogP contribution in [0.4, 0.5) is 0 Å². The molecule has 0 rings (SSSR count). The minimum absolute atomic E-state index is 0.238. The third-order valence-electron chi connectivity index (χ3n) is 1.66. The first-order chi connectivity index (χ1) is 4.85. The molecule has 0 aliphatic rings. The van der Waals surface area contributed by atoms with Crippen LogP contribution in [0.25, 0.3) is 0 Å². The summed E-state index contributed by atoms with van der Waals surface area (Å²) in [5.74, 6) is 0. The minimum atomic E-state index is 0.238. The molecule has 0 aromatic heterocycles. The molecular formula is C8H18O2. The monoisotopic (exact) mass is 146 g/mol. The summed E-state index contributed by atoms with van der Waals surface area (Å²) in [6.07, 6.45) is 4.51. The molecule has 2 heteroatoms. The number of hydrogen-bond donors (Lipinski definition) is 1. The van der Waals surface area contributed by atoms with Gasteiger partial charge in [0.25, 0.3) is 0 Å². The van der Waals surface area contributed by atoms with E-state index in [1.54, 1.807) is 7.11 Å². The highest BCUT2D eigenvalue weighted by Gasteiger charge is 2.03. The Kier molecular flexibility index (Phi) is 6.98. The van der Waals surface area contributed by atoms with E-state index in [4.69, 9.17) is 9.84 Å². The summed E-state index contributed by atoms with van der Waals surface area (Å²) in [5, 5.41) is 8.59. The standard InChI is InChI=1S/C8H18O2/c1-3-4-5-8(10-2)6-7-9/h8-9H,3-7H2,1-2H3. The van der Waals surface area contributed by atoms with Gasteiger partial charge < -0.3 is 9.84 Å². The van der Waals surface area contributed by atoms with E-state index in [1.807, 2.05) is 0 Å². The van der Waals surface area contributed by atoms with Crippen molar-refractivity contribution < 1.29 is 9.84 Å². The molecule has 1 N–H and O–H groups in total. The molecule has 0 saturated carbocycles. The lowest BCUT2D eigenvalue weighted by atomic mass is 10.1. The van der Waals surface area contributed by atoms with Crippen molar-refractivity contribution in [1.82, 2.24) is 0 Å². The topological polar surface area (TPSA) is 29.5 Å². The molecule has 0 aliphatic carbocycles. The molecule has 0 heterocycles. The zero-order valence-electron chi connectivity index (χ0n) is 6.97. The maximum Gasteiger partial charge on any atom is 0.0593 e. The average Bonchev–Trinajstić information content (AvgIpc) is 1.98. The quantitative estimate of drug-likeness (QED) is 0.616. The van der Waals surface area contributed by atoms with Gasteiger partial charge in [-0.1, -0.05) is 19.8 Å². The van der Waals surface area contributed by atoms with Crippen LogP contribution < -0.4 is 0 Å². The van der Waals surface area contributed by atoms with Crippen LogP contribution in [0.3, 0.4) is 0 Å². The van der Waals surface area contributed by atoms with E-state index in [1.165, 1.54) is 12.8 Å². The van der Waals surface area contributed by atoms with Crippen molar-refractivity contribution in [2.45, 2.75) is 38.7 Å². The predicted molar refractivity (Wildman–Crippen MR) is 42.0 cm³/mol. The lowest BCUT2D eigenvalue weighted by Gasteiger charge is -2.12. The van der Waals surface area contributed by atoms with Gasteiger partial charge in [-0.15, -0.1) is 0 Å². The fourth-order valence-electron chi connectivity index (χ4n) is 0.956. The van der Waals surface area contributed by atoms with Gasteiger partial charge in [-0.25, -0.2) is 0 Å². The van der Waals surface area contributed by atoms with E-state index in [0.717, 1.165) is 12.8 Å². The second-order valence-electron chi connectivity index (χ2n) is 2.51. The van der Waals surface area contributed by atoms with Gasteiger partial charge in [0.1, 0.15) is 0 Å². The first kappa shape index (κ1) is 9.92. The summed E-state index contributed by atoms with van der Waals surface area (Å²) in [6.45, 7) is 2.40. The molecule has 10 heavy (non-hydrogen) atoms. The summed E-state index contributed by atoms with van der Waals surface area (Å²) in [7, 11) is 1.70. The van der Waals surface area contributed by atoms with Gasteiger partial charge in [0.05, 0.1) is 6.10 Å². The van der Waals surface area contributed by atoms with E-state index in [2.05, 4.69) is 6.92 Å². The van der Waals surface area contributed by atoms with Crippen LogP contribution in [0.5, 0.6) is 0 Å². The maximum atomic E-state index is 8.59. The summed E-state index contributed by atoms with van der Waals surface area (Å²) >= 11 is 0. The molecular weight excluding hydrogens is 128 g/mol. The summed E-state index contributed by atoms with van der Waals surface area (Å²) in [5.41, 5.74) is 0. The highest BCUT2D eigenvalue weighted by molar-refractivity contribution is 4.55. The Morgan fingerprint density at radius 2 is 2.10 bits per heavy atom. The first-order valence-electron chi connectivity index (χ1n) is 3.98. The molecule has 0 radical (unpaired) electrons. The summed E-state index contributed by atoms with van der Waals surface area (Å²) in [4.78, 5) is 0. The van der Waals surface area contributed by atoms with E-state index < -0.39 is 0 Å². The van der Waals surface area contributed by atoms with Crippen molar-refractivity contribution in [1.29, 1.82) is 0 Å². The molecule has 0 spiro atoms. The molecule has 62 valence electrons. The van der Waals surface area contributed by atoms with Gasteiger partial charge in [-0.05, 0) is 12.8 Å². The van der Waals surface area contributed by atoms with Crippen molar-refractivity contribution in [2.75, 3.05) is 13.7 Å². The minimum Gasteiger partial charge on any atom is -0.396 e. The van der Waals surface area contributed by atoms with E-state index in [0.29, 0.717) is 0 Å². The molecule has 0 bridgehead atoms. The fraction of sp³-hybridized carbons (Fsp3) is 1.00. The van der Waals surface area contributed by atoms with Crippen LogP contribution in [0.15, 0.2) is 0 Å². The third-order valence-corrected chi connectivity index (χ3v) is 1.66. The van der Waals surface area contributed by atoms with Crippen LogP contribution in [-0.4, -0.2) is 24.9 Å². The third kappa shape index (κ3) is 4.77. The van der Waals surface area contributed by atoms with Gasteiger partial charge in [0.15, 0.2) is 0 Å². The number of aliphatic hydroxyl groups is 1. The van der Waals surface area contributed by atoms with Gasteiger partial charge in [-0.3, -0.25) is 0 Å². The molecule has 0 aromatic carbocycles. The normalized spacial score (nSPS) is 13.5. The van der Waals surface area contributed by atoms with Crippen LogP contribution in [-0.2, 0) is 4.74 Å². The number of methoxy groups -OCH3 is 1. The average molecular weight is 146 g/mol. The molecule has 0 fully saturated rings. The molecule has 0 aromatic rings. The van der Waals surface area contributed by atoms with E-state index >= 15 is 0 Å². The Balaban J connectivity index is 3.21. The van der Waals surface area contributed by atoms with Crippen LogP contribution in [0.2, 0.25) is 0 Å². The summed E-state index contributed by atoms with van der Waals surface area (Å²) < 4.78 is 5.13. The Morgan fingerprint density at radius 1 is 1.40 bits per heavy atom. The molecule has 1 unspecified atom stereocenters. The summed E-state index contributed by atoms with van der Waals surface area (Å²) in [6, 6.07) is 0. The van der Waals surface area contributed by atoms with Gasteiger partial charge >= 0.3 is 0 Å². The Bertz CT molecular complexity index is 64.3. The van der Waals surface area contributed by atoms with Crippen LogP contribution >= 0.6 is 0 Å². The van der Waals surface area contributed by atoms with E-state index in [-0.39, 0.29) is 12.7 Å². The van der Waals surface area contributed by atoms with Crippen molar-refractivity contribution >= 4 is 0 Å². The number of rotatable bonds is 6. The lowest BCUT2D eigenvalue weighted by Crippen LogP contribution is -2.11. The second-order valence-corrected chi connectivity index (χ2v) is 2.51. The maximum absolute atomic E-state index is 8.59. The van der Waals surface area contributed by atoms with Crippen LogP contribution in [0.1, 0.15) is 32.6 Å². The molecule has 0 saturated heterocycles. The molecule has 2 nitrogen and oxygen atoms in total. The Hall–Kier alpha value is -0.0800. The van der Waals surface area contributed by atoms with Crippen LogP contribution in [0, 0.1) is 0 Å². The highest BCUT2D eigenvalue weighted by atomic mass is 16.5. The number of unbranched alkanes of at least 4 members (excludes halogenated alkanes) is 1. The van der Waals surface area contributed by atoms with Gasteiger partial charge in [-0.2, -0.15) is 0 Å². The Labute approximate surface area is 63.2 Å². The highest BCUT2D eigenvalue weighted by Crippen LogP contribution is 2.06. The van der Waals surface area contributed by atoms with Crippen molar-refractivity contribution in [3.05, 3.63) is 0 Å². The fourth-order valence-corrected chi connectivity index (χ4v) is 0.956. The molecule has 0 aliphatic heterocycles. The lowest BCUT2D eigenvalue weighted by molar-refractivity contribution is 0.0695. The number of aliphatic hydroxyl groups excluding tert-OH is 1. The smallest absolute Gasteiger partial charge is 0.0593 e. The second kappa shape index (κ2) is 7.03. The van der Waals surface area contributed by atoms with Crippen molar-refractivity contribution in [3.63, 3.8) is 0 Å². The molecule has 1 atom stereocenters. The van der Waals surface area contributed by atoms with E-state index in [9.17, 15) is 0 Å². The molecule has 0 amide bonds. The van der Waals surface area contributed by atoms with Gasteiger partial charge in [0.2, 0.25) is 0 Å². The Morgan fingerprint density at radius 3 is 2.50 bits per heavy atom. The van der Waals surface area contributed by atoms with Crippen molar-refractivity contribution in [3.8, 4) is 0 Å². The number of ether oxygens (including phenoxy) is 1. The number of hydrogen-bond acceptors (Lipinski definition) is 2.